The Hall–Kier alpha value is -2.35. The van der Waals surface area contributed by atoms with Crippen LogP contribution in [0.5, 0.6) is 0 Å². The van der Waals surface area contributed by atoms with Crippen LogP contribution in [0.3, 0.4) is 0 Å². The highest BCUT2D eigenvalue weighted by atomic mass is 35.5. The van der Waals surface area contributed by atoms with Gasteiger partial charge in [0.15, 0.2) is 0 Å². The molecule has 1 aromatic heterocycles. The summed E-state index contributed by atoms with van der Waals surface area (Å²) in [7, 11) is 1.74. The zero-order valence-electron chi connectivity index (χ0n) is 18.8. The molecule has 9 heteroatoms. The lowest BCUT2D eigenvalue weighted by Crippen LogP contribution is -2.54. The van der Waals surface area contributed by atoms with Gasteiger partial charge in [-0.25, -0.2) is 4.98 Å². The molecule has 1 unspecified atom stereocenters. The molecule has 0 bridgehead atoms. The van der Waals surface area contributed by atoms with Crippen LogP contribution >= 0.6 is 23.2 Å². The normalized spacial score (nSPS) is 13.8. The molecule has 2 aromatic rings. The Morgan fingerprint density at radius 2 is 1.84 bits per heavy atom. The molecule has 32 heavy (non-hydrogen) atoms. The summed E-state index contributed by atoms with van der Waals surface area (Å²) < 4.78 is 0. The second kappa shape index (κ2) is 12.0. The molecule has 0 aliphatic heterocycles. The van der Waals surface area contributed by atoms with Crippen molar-refractivity contribution in [2.75, 3.05) is 12.8 Å². The molecule has 0 fully saturated rings. The molecule has 0 aliphatic carbocycles. The molecule has 7 nitrogen and oxygen atoms in total. The molecule has 0 saturated heterocycles. The number of hydrogen-bond donors (Lipinski definition) is 4. The van der Waals surface area contributed by atoms with E-state index in [4.69, 9.17) is 28.9 Å². The zero-order chi connectivity index (χ0) is 23.8. The van der Waals surface area contributed by atoms with Crippen molar-refractivity contribution in [3.05, 3.63) is 57.2 Å². The number of pyridine rings is 1. The highest BCUT2D eigenvalue weighted by molar-refractivity contribution is 6.42. The fourth-order valence-corrected chi connectivity index (χ4v) is 3.71. The van der Waals surface area contributed by atoms with E-state index in [0.717, 1.165) is 23.2 Å². The Labute approximate surface area is 199 Å². The minimum Gasteiger partial charge on any atom is -0.384 e. The number of carbonyl (C=O) groups is 2. The average molecular weight is 480 g/mol. The van der Waals surface area contributed by atoms with Crippen LogP contribution in [0.25, 0.3) is 0 Å². The largest absolute Gasteiger partial charge is 0.384 e. The van der Waals surface area contributed by atoms with Gasteiger partial charge < -0.3 is 21.7 Å². The summed E-state index contributed by atoms with van der Waals surface area (Å²) in [6.07, 6.45) is 1.09. The van der Waals surface area contributed by atoms with Crippen LogP contribution < -0.4 is 21.7 Å². The van der Waals surface area contributed by atoms with Gasteiger partial charge in [0, 0.05) is 18.7 Å². The van der Waals surface area contributed by atoms with E-state index in [1.807, 2.05) is 26.8 Å². The van der Waals surface area contributed by atoms with Gasteiger partial charge in [0.2, 0.25) is 11.8 Å². The molecule has 0 spiro atoms. The molecular weight excluding hydrogens is 449 g/mol. The minimum atomic E-state index is -0.790. The third-order valence-corrected chi connectivity index (χ3v) is 6.27. The molecule has 0 saturated carbocycles. The first-order valence-corrected chi connectivity index (χ1v) is 11.3. The van der Waals surface area contributed by atoms with Gasteiger partial charge in [0.1, 0.15) is 11.9 Å². The fraction of sp³-hybridized carbons (Fsp3) is 0.435. The molecule has 174 valence electrons. The Balaban J connectivity index is 2.20. The van der Waals surface area contributed by atoms with Crippen LogP contribution in [0.1, 0.15) is 37.1 Å². The first-order chi connectivity index (χ1) is 15.2. The SMILES string of the molecule is CCC(C)[C@@H](NC)C(=O)N[C@H](Cc1ccc(Cl)c(Cl)c1)C(=O)NCc1ccc(N)nc1C. The smallest absolute Gasteiger partial charge is 0.243 e. The van der Waals surface area contributed by atoms with Crippen molar-refractivity contribution in [2.24, 2.45) is 5.92 Å². The molecule has 3 atom stereocenters. The summed E-state index contributed by atoms with van der Waals surface area (Å²) in [5.74, 6) is -0.00489. The first-order valence-electron chi connectivity index (χ1n) is 10.6. The molecule has 0 aliphatic rings. The quantitative estimate of drug-likeness (QED) is 0.418. The van der Waals surface area contributed by atoms with E-state index in [-0.39, 0.29) is 30.7 Å². The van der Waals surface area contributed by atoms with Crippen LogP contribution in [-0.4, -0.2) is 35.9 Å². The van der Waals surface area contributed by atoms with Crippen molar-refractivity contribution in [2.45, 2.75) is 52.2 Å². The van der Waals surface area contributed by atoms with Crippen LogP contribution in [0.4, 0.5) is 5.82 Å². The first kappa shape index (κ1) is 25.9. The third kappa shape index (κ3) is 7.08. The van der Waals surface area contributed by atoms with Gasteiger partial charge in [-0.2, -0.15) is 0 Å². The summed E-state index contributed by atoms with van der Waals surface area (Å²) in [6.45, 7) is 6.11. The van der Waals surface area contributed by atoms with Crippen LogP contribution in [0.2, 0.25) is 10.0 Å². The van der Waals surface area contributed by atoms with Crippen molar-refractivity contribution in [1.82, 2.24) is 20.9 Å². The lowest BCUT2D eigenvalue weighted by Gasteiger charge is -2.25. The summed E-state index contributed by atoms with van der Waals surface area (Å²) in [5.41, 5.74) is 8.07. The van der Waals surface area contributed by atoms with Gasteiger partial charge in [-0.05, 0) is 49.2 Å². The number of rotatable bonds is 10. The van der Waals surface area contributed by atoms with Gasteiger partial charge in [-0.3, -0.25) is 9.59 Å². The van der Waals surface area contributed by atoms with Gasteiger partial charge in [-0.1, -0.05) is 55.6 Å². The van der Waals surface area contributed by atoms with Gasteiger partial charge >= 0.3 is 0 Å². The maximum atomic E-state index is 13.1. The number of carbonyl (C=O) groups excluding carboxylic acids is 2. The van der Waals surface area contributed by atoms with Crippen molar-refractivity contribution >= 4 is 40.8 Å². The monoisotopic (exact) mass is 479 g/mol. The van der Waals surface area contributed by atoms with Crippen LogP contribution in [0.15, 0.2) is 30.3 Å². The number of benzene rings is 1. The number of nitrogens with zero attached hydrogens (tertiary/aromatic N) is 1. The van der Waals surface area contributed by atoms with Gasteiger partial charge in [0.25, 0.3) is 0 Å². The Kier molecular flexibility index (Phi) is 9.75. The van der Waals surface area contributed by atoms with E-state index in [0.29, 0.717) is 15.9 Å². The molecule has 2 rings (SSSR count). The Morgan fingerprint density at radius 3 is 2.44 bits per heavy atom. The number of likely N-dealkylation sites (N-methyl/N-ethyl adjacent to an activating group) is 1. The van der Waals surface area contributed by atoms with E-state index in [9.17, 15) is 9.59 Å². The van der Waals surface area contributed by atoms with E-state index in [1.165, 1.54) is 0 Å². The predicted octanol–water partition coefficient (Wildman–Crippen LogP) is 3.26. The number of aromatic nitrogens is 1. The number of halogens is 2. The molecule has 0 radical (unpaired) electrons. The highest BCUT2D eigenvalue weighted by Gasteiger charge is 2.28. The highest BCUT2D eigenvalue weighted by Crippen LogP contribution is 2.23. The minimum absolute atomic E-state index is 0.109. The lowest BCUT2D eigenvalue weighted by atomic mass is 9.97. The lowest BCUT2D eigenvalue weighted by molar-refractivity contribution is -0.130. The van der Waals surface area contributed by atoms with Crippen molar-refractivity contribution in [3.8, 4) is 0 Å². The maximum Gasteiger partial charge on any atom is 0.243 e. The van der Waals surface area contributed by atoms with E-state index < -0.39 is 12.1 Å². The molecule has 2 amide bonds. The number of anilines is 1. The number of aryl methyl sites for hydroxylation is 1. The zero-order valence-corrected chi connectivity index (χ0v) is 20.3. The number of nitrogens with two attached hydrogens (primary N) is 1. The predicted molar refractivity (Wildman–Crippen MR) is 130 cm³/mol. The van der Waals surface area contributed by atoms with Crippen molar-refractivity contribution < 1.29 is 9.59 Å². The Morgan fingerprint density at radius 1 is 1.12 bits per heavy atom. The molecule has 1 heterocycles. The van der Waals surface area contributed by atoms with E-state index in [2.05, 4.69) is 20.9 Å². The number of nitrogen functional groups attached to an aromatic ring is 1. The molecule has 5 N–H and O–H groups in total. The van der Waals surface area contributed by atoms with E-state index in [1.54, 1.807) is 31.3 Å². The number of nitrogens with one attached hydrogen (secondary N) is 3. The topological polar surface area (TPSA) is 109 Å². The van der Waals surface area contributed by atoms with Crippen molar-refractivity contribution in [1.29, 1.82) is 0 Å². The summed E-state index contributed by atoms with van der Waals surface area (Å²) in [6, 6.07) is 7.48. The van der Waals surface area contributed by atoms with Crippen LogP contribution in [0, 0.1) is 12.8 Å². The Bertz CT molecular complexity index is 954. The number of hydrogen-bond acceptors (Lipinski definition) is 5. The second-order valence-corrected chi connectivity index (χ2v) is 8.68. The van der Waals surface area contributed by atoms with Gasteiger partial charge in [0.05, 0.1) is 16.1 Å². The summed E-state index contributed by atoms with van der Waals surface area (Å²) in [5, 5.41) is 9.67. The van der Waals surface area contributed by atoms with E-state index >= 15 is 0 Å². The fourth-order valence-electron chi connectivity index (χ4n) is 3.38. The maximum absolute atomic E-state index is 13.1. The van der Waals surface area contributed by atoms with Crippen molar-refractivity contribution in [3.63, 3.8) is 0 Å². The standard InChI is InChI=1S/C23H31Cl2N5O2/c1-5-13(2)21(27-4)23(32)30-19(11-15-6-8-17(24)18(25)10-15)22(31)28-12-16-7-9-20(26)29-14(16)3/h6-10,13,19,21,27H,5,11-12H2,1-4H3,(H2,26,29)(H,28,31)(H,30,32)/t13?,19-,21-/m1/s1. The second-order valence-electron chi connectivity index (χ2n) is 7.86. The third-order valence-electron chi connectivity index (χ3n) is 5.53. The molecular formula is C23H31Cl2N5O2. The number of amides is 2. The van der Waals surface area contributed by atoms with Crippen LogP contribution in [-0.2, 0) is 22.6 Å². The average Bonchev–Trinajstić information content (AvgIpc) is 2.75. The summed E-state index contributed by atoms with van der Waals surface area (Å²) in [4.78, 5) is 30.2. The van der Waals surface area contributed by atoms with Gasteiger partial charge in [-0.15, -0.1) is 0 Å². The summed E-state index contributed by atoms with van der Waals surface area (Å²) >= 11 is 12.2. The molecule has 1 aromatic carbocycles.